The van der Waals surface area contributed by atoms with Crippen LogP contribution in [0.4, 0.5) is 5.69 Å². The maximum absolute atomic E-state index is 13.5. The second kappa shape index (κ2) is 7.03. The van der Waals surface area contributed by atoms with Crippen LogP contribution in [0.5, 0.6) is 0 Å². The van der Waals surface area contributed by atoms with Crippen molar-refractivity contribution in [3.05, 3.63) is 45.5 Å². The van der Waals surface area contributed by atoms with Gasteiger partial charge < -0.3 is 0 Å². The van der Waals surface area contributed by atoms with E-state index in [0.717, 1.165) is 35.8 Å². The number of nitro groups is 1. The highest BCUT2D eigenvalue weighted by molar-refractivity contribution is 6.05. The third-order valence-corrected chi connectivity index (χ3v) is 9.67. The molecule has 160 valence electrons. The smallest absolute Gasteiger partial charge is 0.269 e. The maximum atomic E-state index is 13.5. The zero-order chi connectivity index (χ0) is 21.1. The third-order valence-electron chi connectivity index (χ3n) is 9.67. The molecule has 6 atom stereocenters. The summed E-state index contributed by atoms with van der Waals surface area (Å²) in [6.45, 7) is 4.79. The summed E-state index contributed by atoms with van der Waals surface area (Å²) < 4.78 is 0. The number of Topliss-reactive ketones (excluding diaryl/α,β-unsaturated/α-hetero) is 1. The Bertz CT molecular complexity index is 903. The fourth-order valence-corrected chi connectivity index (χ4v) is 7.99. The minimum Gasteiger partial charge on any atom is -0.294 e. The number of fused-ring (bicyclic) bond motifs is 5. The summed E-state index contributed by atoms with van der Waals surface area (Å²) in [5.74, 6) is 3.15. The number of allylic oxidation sites excluding steroid dienone is 1. The Hall–Kier alpha value is -1.97. The summed E-state index contributed by atoms with van der Waals surface area (Å²) in [6.07, 6.45) is 13.3. The second-order valence-electron chi connectivity index (χ2n) is 10.9. The van der Waals surface area contributed by atoms with Gasteiger partial charge in [-0.1, -0.05) is 26.7 Å². The molecule has 5 rings (SSSR count). The standard InChI is InChI=1S/C26H33NO3/c1-25-13-4-3-5-19(25)8-11-21-22(25)12-14-26(2)23(21)16-18(24(26)28)15-17-6-9-20(10-7-17)27(29)30/h6-7,9-10,15,19,21-23H,3-5,8,11-14,16H2,1-2H3/b18-15-/t19-,21-,22+,23-,25+,26-/m0/s1. The van der Waals surface area contributed by atoms with Crippen LogP contribution in [0, 0.1) is 44.6 Å². The first kappa shape index (κ1) is 20.0. The Morgan fingerprint density at radius 3 is 2.50 bits per heavy atom. The lowest BCUT2D eigenvalue weighted by molar-refractivity contribution is -0.384. The molecule has 0 aliphatic heterocycles. The van der Waals surface area contributed by atoms with Crippen LogP contribution in [-0.4, -0.2) is 10.7 Å². The van der Waals surface area contributed by atoms with Crippen LogP contribution in [0.2, 0.25) is 0 Å². The number of nitrogens with zero attached hydrogens (tertiary/aromatic N) is 1. The van der Waals surface area contributed by atoms with Gasteiger partial charge in [-0.25, -0.2) is 0 Å². The van der Waals surface area contributed by atoms with Crippen molar-refractivity contribution < 1.29 is 9.72 Å². The topological polar surface area (TPSA) is 60.2 Å². The fourth-order valence-electron chi connectivity index (χ4n) is 7.99. The number of non-ortho nitro benzene ring substituents is 1. The van der Waals surface area contributed by atoms with Gasteiger partial charge in [-0.3, -0.25) is 14.9 Å². The van der Waals surface area contributed by atoms with Gasteiger partial charge in [0, 0.05) is 17.5 Å². The lowest BCUT2D eigenvalue weighted by Crippen LogP contribution is -2.52. The molecule has 0 N–H and O–H groups in total. The molecule has 4 saturated carbocycles. The van der Waals surface area contributed by atoms with Gasteiger partial charge in [0.25, 0.3) is 5.69 Å². The molecule has 0 bridgehead atoms. The number of carbonyl (C=O) groups excluding carboxylic acids is 1. The fraction of sp³-hybridized carbons (Fsp3) is 0.654. The van der Waals surface area contributed by atoms with E-state index in [-0.39, 0.29) is 16.0 Å². The van der Waals surface area contributed by atoms with Gasteiger partial charge in [0.05, 0.1) is 4.92 Å². The van der Waals surface area contributed by atoms with Crippen LogP contribution in [0.1, 0.15) is 77.2 Å². The van der Waals surface area contributed by atoms with Gasteiger partial charge >= 0.3 is 0 Å². The SMILES string of the molecule is C[C@@]12CCCC[C@H]1CC[C@H]1[C@H]2CC[C@]2(C)C(=O)/C(=C\c3ccc([N+](=O)[O-])cc3)C[C@@H]12. The Morgan fingerprint density at radius 2 is 1.77 bits per heavy atom. The number of nitro benzene ring substituents is 1. The Labute approximate surface area is 179 Å². The summed E-state index contributed by atoms with van der Waals surface area (Å²) in [7, 11) is 0. The Kier molecular flexibility index (Phi) is 4.68. The third kappa shape index (κ3) is 2.90. The molecule has 0 spiro atoms. The molecule has 4 aliphatic carbocycles. The van der Waals surface area contributed by atoms with E-state index in [1.165, 1.54) is 57.1 Å². The number of ketones is 1. The van der Waals surface area contributed by atoms with Crippen LogP contribution >= 0.6 is 0 Å². The lowest BCUT2D eigenvalue weighted by atomic mass is 9.45. The number of hydrogen-bond acceptors (Lipinski definition) is 3. The lowest BCUT2D eigenvalue weighted by Gasteiger charge is -2.59. The molecule has 1 aromatic carbocycles. The van der Waals surface area contributed by atoms with Gasteiger partial charge in [0.1, 0.15) is 0 Å². The van der Waals surface area contributed by atoms with Crippen molar-refractivity contribution in [1.29, 1.82) is 0 Å². The molecule has 4 fully saturated rings. The van der Waals surface area contributed by atoms with Gasteiger partial charge in [-0.2, -0.15) is 0 Å². The van der Waals surface area contributed by atoms with E-state index in [2.05, 4.69) is 13.8 Å². The van der Waals surface area contributed by atoms with Crippen LogP contribution < -0.4 is 0 Å². The first-order valence-electron chi connectivity index (χ1n) is 11.8. The molecule has 0 saturated heterocycles. The molecule has 0 radical (unpaired) electrons. The predicted octanol–water partition coefficient (Wildman–Crippen LogP) is 6.59. The van der Waals surface area contributed by atoms with E-state index < -0.39 is 0 Å². The molecule has 0 amide bonds. The van der Waals surface area contributed by atoms with Gasteiger partial charge in [0.2, 0.25) is 0 Å². The molecule has 4 nitrogen and oxygen atoms in total. The van der Waals surface area contributed by atoms with Gasteiger partial charge in [-0.05, 0) is 103 Å². The van der Waals surface area contributed by atoms with E-state index in [1.807, 2.05) is 6.08 Å². The van der Waals surface area contributed by atoms with E-state index in [4.69, 9.17) is 0 Å². The summed E-state index contributed by atoms with van der Waals surface area (Å²) in [5, 5.41) is 10.9. The average Bonchev–Trinajstić information content (AvgIpc) is 2.98. The number of rotatable bonds is 2. The number of benzene rings is 1. The van der Waals surface area contributed by atoms with Crippen molar-refractivity contribution in [2.75, 3.05) is 0 Å². The first-order valence-corrected chi connectivity index (χ1v) is 11.8. The van der Waals surface area contributed by atoms with E-state index in [9.17, 15) is 14.9 Å². The second-order valence-corrected chi connectivity index (χ2v) is 10.9. The average molecular weight is 408 g/mol. The molecule has 4 heteroatoms. The first-order chi connectivity index (χ1) is 14.3. The van der Waals surface area contributed by atoms with Crippen molar-refractivity contribution >= 4 is 17.5 Å². The van der Waals surface area contributed by atoms with Crippen molar-refractivity contribution in [3.63, 3.8) is 0 Å². The summed E-state index contributed by atoms with van der Waals surface area (Å²) in [6, 6.07) is 6.59. The highest BCUT2D eigenvalue weighted by Crippen LogP contribution is 2.66. The Morgan fingerprint density at radius 1 is 1.00 bits per heavy atom. The molecule has 0 unspecified atom stereocenters. The quantitative estimate of drug-likeness (QED) is 0.316. The number of hydrogen-bond donors (Lipinski definition) is 0. The van der Waals surface area contributed by atoms with Crippen LogP contribution in [-0.2, 0) is 4.79 Å². The molecule has 0 heterocycles. The van der Waals surface area contributed by atoms with Crippen molar-refractivity contribution in [3.8, 4) is 0 Å². The highest BCUT2D eigenvalue weighted by Gasteiger charge is 2.60. The molecule has 30 heavy (non-hydrogen) atoms. The maximum Gasteiger partial charge on any atom is 0.269 e. The normalized spacial score (nSPS) is 41.8. The summed E-state index contributed by atoms with van der Waals surface area (Å²) in [4.78, 5) is 24.0. The van der Waals surface area contributed by atoms with Crippen LogP contribution in [0.15, 0.2) is 29.8 Å². The summed E-state index contributed by atoms with van der Waals surface area (Å²) in [5.41, 5.74) is 2.19. The van der Waals surface area contributed by atoms with Crippen molar-refractivity contribution in [1.82, 2.24) is 0 Å². The van der Waals surface area contributed by atoms with E-state index in [1.54, 1.807) is 12.1 Å². The minimum absolute atomic E-state index is 0.0934. The van der Waals surface area contributed by atoms with E-state index >= 15 is 0 Å². The molecular formula is C26H33NO3. The predicted molar refractivity (Wildman–Crippen MR) is 118 cm³/mol. The minimum atomic E-state index is -0.379. The van der Waals surface area contributed by atoms with Crippen molar-refractivity contribution in [2.45, 2.75) is 71.6 Å². The summed E-state index contributed by atoms with van der Waals surface area (Å²) >= 11 is 0. The largest absolute Gasteiger partial charge is 0.294 e. The Balaban J connectivity index is 1.43. The van der Waals surface area contributed by atoms with Crippen LogP contribution in [0.3, 0.4) is 0 Å². The van der Waals surface area contributed by atoms with E-state index in [0.29, 0.717) is 23.0 Å². The van der Waals surface area contributed by atoms with Gasteiger partial charge in [0.15, 0.2) is 5.78 Å². The molecule has 4 aliphatic rings. The van der Waals surface area contributed by atoms with Crippen LogP contribution in [0.25, 0.3) is 6.08 Å². The monoisotopic (exact) mass is 407 g/mol. The highest BCUT2D eigenvalue weighted by atomic mass is 16.6. The molecular weight excluding hydrogens is 374 g/mol. The molecule has 0 aromatic heterocycles. The number of carbonyl (C=O) groups is 1. The molecule has 1 aromatic rings. The van der Waals surface area contributed by atoms with Crippen molar-refractivity contribution in [2.24, 2.45) is 34.5 Å². The van der Waals surface area contributed by atoms with Gasteiger partial charge in [-0.15, -0.1) is 0 Å². The zero-order valence-corrected chi connectivity index (χ0v) is 18.2. The zero-order valence-electron chi connectivity index (χ0n) is 18.2.